The molecule has 1 aromatic heterocycles. The van der Waals surface area contributed by atoms with Crippen molar-refractivity contribution in [1.82, 2.24) is 14.3 Å². The highest BCUT2D eigenvalue weighted by Gasteiger charge is 2.28. The third kappa shape index (κ3) is 3.84. The molecule has 1 aliphatic heterocycles. The van der Waals surface area contributed by atoms with E-state index in [1.54, 1.807) is 36.4 Å². The van der Waals surface area contributed by atoms with Gasteiger partial charge in [-0.1, -0.05) is 30.3 Å². The fraction of sp³-hybridized carbons (Fsp3) is 0.200. The van der Waals surface area contributed by atoms with Crippen LogP contribution in [0.2, 0.25) is 0 Å². The molecule has 0 unspecified atom stereocenters. The van der Waals surface area contributed by atoms with Gasteiger partial charge in [-0.2, -0.15) is 4.31 Å². The Bertz CT molecular complexity index is 1130. The smallest absolute Gasteiger partial charge is 0.243 e. The molecule has 9 heteroatoms. The monoisotopic (exact) mass is 414 g/mol. The summed E-state index contributed by atoms with van der Waals surface area (Å²) in [6.07, 6.45) is 2.88. The number of rotatable bonds is 4. The van der Waals surface area contributed by atoms with Crippen molar-refractivity contribution in [2.75, 3.05) is 32.0 Å². The van der Waals surface area contributed by atoms with E-state index in [1.807, 2.05) is 0 Å². The van der Waals surface area contributed by atoms with Crippen molar-refractivity contribution in [2.45, 2.75) is 4.90 Å². The average molecular weight is 414 g/mol. The molecular weight excluding hydrogens is 395 g/mol. The van der Waals surface area contributed by atoms with E-state index < -0.39 is 15.8 Å². The molecule has 0 saturated carbocycles. The molecule has 7 nitrogen and oxygen atoms in total. The first-order chi connectivity index (χ1) is 14.0. The Morgan fingerprint density at radius 2 is 1.66 bits per heavy atom. The molecular formula is C20H19FN4O3S. The minimum absolute atomic E-state index is 0.105. The lowest BCUT2D eigenvalue weighted by molar-refractivity contribution is 0.0730. The van der Waals surface area contributed by atoms with Crippen molar-refractivity contribution in [3.05, 3.63) is 60.7 Å². The minimum Gasteiger partial charge on any atom is -0.379 e. The quantitative estimate of drug-likeness (QED) is 0.705. The number of nitrogen functional groups attached to an aromatic ring is 1. The van der Waals surface area contributed by atoms with Crippen LogP contribution in [-0.2, 0) is 14.8 Å². The van der Waals surface area contributed by atoms with Gasteiger partial charge in [0.05, 0.1) is 18.1 Å². The Morgan fingerprint density at radius 1 is 0.966 bits per heavy atom. The molecule has 2 N–H and O–H groups in total. The number of ether oxygens (including phenoxy) is 1. The van der Waals surface area contributed by atoms with E-state index in [2.05, 4.69) is 9.97 Å². The molecule has 1 saturated heterocycles. The van der Waals surface area contributed by atoms with E-state index in [0.717, 1.165) is 0 Å². The Morgan fingerprint density at radius 3 is 2.34 bits per heavy atom. The van der Waals surface area contributed by atoms with E-state index in [0.29, 0.717) is 48.6 Å². The van der Waals surface area contributed by atoms with Crippen molar-refractivity contribution in [1.29, 1.82) is 0 Å². The van der Waals surface area contributed by atoms with Crippen LogP contribution in [0.3, 0.4) is 0 Å². The third-order valence-corrected chi connectivity index (χ3v) is 6.69. The largest absolute Gasteiger partial charge is 0.379 e. The van der Waals surface area contributed by atoms with Gasteiger partial charge in [0, 0.05) is 42.2 Å². The molecule has 0 amide bonds. The normalized spacial score (nSPS) is 15.3. The molecule has 0 aliphatic carbocycles. The lowest BCUT2D eigenvalue weighted by atomic mass is 10.0. The van der Waals surface area contributed by atoms with E-state index in [-0.39, 0.29) is 10.8 Å². The Balaban J connectivity index is 1.74. The van der Waals surface area contributed by atoms with Gasteiger partial charge in [0.2, 0.25) is 16.0 Å². The summed E-state index contributed by atoms with van der Waals surface area (Å²) in [4.78, 5) is 7.90. The summed E-state index contributed by atoms with van der Waals surface area (Å²) < 4.78 is 47.8. The van der Waals surface area contributed by atoms with Crippen molar-refractivity contribution in [3.63, 3.8) is 0 Å². The van der Waals surface area contributed by atoms with E-state index in [1.165, 1.54) is 22.8 Å². The number of hydrogen-bond acceptors (Lipinski definition) is 6. The number of morpholine rings is 1. The summed E-state index contributed by atoms with van der Waals surface area (Å²) in [6.45, 7) is 1.30. The van der Waals surface area contributed by atoms with Crippen LogP contribution in [0.5, 0.6) is 0 Å². The van der Waals surface area contributed by atoms with Crippen LogP contribution in [-0.4, -0.2) is 49.0 Å². The van der Waals surface area contributed by atoms with Gasteiger partial charge in [0.25, 0.3) is 0 Å². The number of halogens is 1. The van der Waals surface area contributed by atoms with Gasteiger partial charge >= 0.3 is 0 Å². The lowest BCUT2D eigenvalue weighted by Gasteiger charge is -2.27. The SMILES string of the molecule is Nc1ncc(-c2ccc(-c3ccccc3S(=O)(=O)N3CCOCC3)cc2F)cn1. The number of hydrogen-bond donors (Lipinski definition) is 1. The summed E-state index contributed by atoms with van der Waals surface area (Å²) in [6, 6.07) is 11.2. The molecule has 1 aliphatic rings. The predicted molar refractivity (Wildman–Crippen MR) is 107 cm³/mol. The number of nitrogens with zero attached hydrogens (tertiary/aromatic N) is 3. The number of nitrogens with two attached hydrogens (primary N) is 1. The van der Waals surface area contributed by atoms with Gasteiger partial charge in [-0.05, 0) is 17.7 Å². The van der Waals surface area contributed by atoms with E-state index in [9.17, 15) is 12.8 Å². The second kappa shape index (κ2) is 7.86. The van der Waals surface area contributed by atoms with Gasteiger partial charge in [-0.25, -0.2) is 22.8 Å². The first kappa shape index (κ1) is 19.4. The second-order valence-electron chi connectivity index (χ2n) is 6.54. The molecule has 0 radical (unpaired) electrons. The molecule has 1 fully saturated rings. The second-order valence-corrected chi connectivity index (χ2v) is 8.44. The maximum Gasteiger partial charge on any atom is 0.243 e. The zero-order valence-electron chi connectivity index (χ0n) is 15.5. The van der Waals surface area contributed by atoms with Crippen LogP contribution in [0.15, 0.2) is 59.8 Å². The summed E-state index contributed by atoms with van der Waals surface area (Å²) in [7, 11) is -3.72. The van der Waals surface area contributed by atoms with Crippen LogP contribution in [0, 0.1) is 5.82 Å². The summed E-state index contributed by atoms with van der Waals surface area (Å²) in [5, 5.41) is 0. The van der Waals surface area contributed by atoms with Crippen molar-refractivity contribution < 1.29 is 17.5 Å². The average Bonchev–Trinajstić information content (AvgIpc) is 2.75. The molecule has 3 aromatic rings. The van der Waals surface area contributed by atoms with Crippen LogP contribution >= 0.6 is 0 Å². The van der Waals surface area contributed by atoms with Crippen LogP contribution in [0.25, 0.3) is 22.3 Å². The van der Waals surface area contributed by atoms with Gasteiger partial charge in [-0.15, -0.1) is 0 Å². The molecule has 2 heterocycles. The topological polar surface area (TPSA) is 98.4 Å². The Labute approximate surface area is 168 Å². The van der Waals surface area contributed by atoms with Gasteiger partial charge in [0.15, 0.2) is 0 Å². The van der Waals surface area contributed by atoms with Crippen LogP contribution < -0.4 is 5.73 Å². The summed E-state index contributed by atoms with van der Waals surface area (Å²) in [5.41, 5.74) is 7.18. The molecule has 0 bridgehead atoms. The highest BCUT2D eigenvalue weighted by atomic mass is 32.2. The number of aromatic nitrogens is 2. The Kier molecular flexibility index (Phi) is 5.27. The number of anilines is 1. The first-order valence-electron chi connectivity index (χ1n) is 9.01. The highest BCUT2D eigenvalue weighted by molar-refractivity contribution is 7.89. The lowest BCUT2D eigenvalue weighted by Crippen LogP contribution is -2.40. The molecule has 0 spiro atoms. The molecule has 0 atom stereocenters. The molecule has 29 heavy (non-hydrogen) atoms. The predicted octanol–water partition coefficient (Wildman–Crippen LogP) is 2.55. The fourth-order valence-corrected chi connectivity index (χ4v) is 4.87. The zero-order chi connectivity index (χ0) is 20.4. The maximum atomic E-state index is 14.8. The Hall–Kier alpha value is -2.88. The highest BCUT2D eigenvalue weighted by Crippen LogP contribution is 2.32. The van der Waals surface area contributed by atoms with Crippen molar-refractivity contribution >= 4 is 16.0 Å². The van der Waals surface area contributed by atoms with Gasteiger partial charge < -0.3 is 10.5 Å². The van der Waals surface area contributed by atoms with Crippen LogP contribution in [0.4, 0.5) is 10.3 Å². The van der Waals surface area contributed by atoms with E-state index >= 15 is 0 Å². The third-order valence-electron chi connectivity index (χ3n) is 4.74. The first-order valence-corrected chi connectivity index (χ1v) is 10.5. The summed E-state index contributed by atoms with van der Waals surface area (Å²) >= 11 is 0. The standard InChI is InChI=1S/C20H19FN4O3S/c21-18-11-14(5-6-16(18)15-12-23-20(22)24-13-15)17-3-1-2-4-19(17)29(26,27)25-7-9-28-10-8-25/h1-6,11-13H,7-10H2,(H2,22,23,24). The summed E-state index contributed by atoms with van der Waals surface area (Å²) in [5.74, 6) is -0.400. The van der Waals surface area contributed by atoms with E-state index in [4.69, 9.17) is 10.5 Å². The van der Waals surface area contributed by atoms with Gasteiger partial charge in [-0.3, -0.25) is 0 Å². The van der Waals surface area contributed by atoms with Gasteiger partial charge in [0.1, 0.15) is 5.82 Å². The van der Waals surface area contributed by atoms with Crippen molar-refractivity contribution in [2.24, 2.45) is 0 Å². The fourth-order valence-electron chi connectivity index (χ4n) is 3.25. The minimum atomic E-state index is -3.72. The van der Waals surface area contributed by atoms with Crippen LogP contribution in [0.1, 0.15) is 0 Å². The van der Waals surface area contributed by atoms with Crippen molar-refractivity contribution in [3.8, 4) is 22.3 Å². The molecule has 150 valence electrons. The maximum absolute atomic E-state index is 14.8. The zero-order valence-corrected chi connectivity index (χ0v) is 16.3. The molecule has 4 rings (SSSR count). The number of sulfonamides is 1. The number of benzene rings is 2. The molecule has 2 aromatic carbocycles.